The highest BCUT2D eigenvalue weighted by Crippen LogP contribution is 2.31. The first-order chi connectivity index (χ1) is 15.9. The number of amides is 1. The van der Waals surface area contributed by atoms with Crippen molar-refractivity contribution >= 4 is 28.3 Å². The monoisotopic (exact) mass is 447 g/mol. The molecule has 5 rings (SSSR count). The summed E-state index contributed by atoms with van der Waals surface area (Å²) in [6.07, 6.45) is 9.99. The number of nitrogens with zero attached hydrogens (tertiary/aromatic N) is 5. The van der Waals surface area contributed by atoms with Crippen molar-refractivity contribution in [1.29, 1.82) is 0 Å². The van der Waals surface area contributed by atoms with Gasteiger partial charge in [-0.1, -0.05) is 0 Å². The summed E-state index contributed by atoms with van der Waals surface area (Å²) < 4.78 is 9.95. The summed E-state index contributed by atoms with van der Waals surface area (Å²) in [7, 11) is 3.87. The molecule has 0 bridgehead atoms. The molecule has 1 aliphatic carbocycles. The minimum absolute atomic E-state index is 0.177. The Labute approximate surface area is 192 Å². The van der Waals surface area contributed by atoms with E-state index in [1.807, 2.05) is 50.8 Å². The number of aryl methyl sites for hydroxylation is 3. The third-order valence-electron chi connectivity index (χ3n) is 6.34. The fourth-order valence-corrected chi connectivity index (χ4v) is 4.68. The van der Waals surface area contributed by atoms with Crippen LogP contribution in [-0.4, -0.2) is 49.2 Å². The molecule has 0 atom stereocenters. The summed E-state index contributed by atoms with van der Waals surface area (Å²) in [5, 5.41) is 11.7. The lowest BCUT2D eigenvalue weighted by Gasteiger charge is -2.28. The molecule has 0 radical (unpaired) electrons. The predicted octanol–water partition coefficient (Wildman–Crippen LogP) is 3.39. The Hall–Kier alpha value is -3.46. The second-order valence-electron chi connectivity index (χ2n) is 8.84. The van der Waals surface area contributed by atoms with Gasteiger partial charge in [-0.3, -0.25) is 14.5 Å². The molecule has 0 unspecified atom stereocenters. The lowest BCUT2D eigenvalue weighted by molar-refractivity contribution is 0.102. The van der Waals surface area contributed by atoms with E-state index < -0.39 is 0 Å². The SMILES string of the molecule is CNC1CCC(Oc2ccc(C(=O)Nc3cn4cc(C)nc(C)c4n3)c3nn(C)cc23)CC1. The third-order valence-corrected chi connectivity index (χ3v) is 6.34. The van der Waals surface area contributed by atoms with Crippen molar-refractivity contribution < 1.29 is 9.53 Å². The van der Waals surface area contributed by atoms with E-state index in [9.17, 15) is 4.79 Å². The van der Waals surface area contributed by atoms with E-state index in [-0.39, 0.29) is 12.0 Å². The van der Waals surface area contributed by atoms with Gasteiger partial charge in [0.25, 0.3) is 5.91 Å². The maximum Gasteiger partial charge on any atom is 0.259 e. The van der Waals surface area contributed by atoms with Gasteiger partial charge in [0.15, 0.2) is 11.5 Å². The molecule has 9 nitrogen and oxygen atoms in total. The van der Waals surface area contributed by atoms with Crippen LogP contribution in [0.25, 0.3) is 16.6 Å². The van der Waals surface area contributed by atoms with Crippen LogP contribution in [-0.2, 0) is 7.05 Å². The van der Waals surface area contributed by atoms with Gasteiger partial charge in [0.2, 0.25) is 0 Å². The molecule has 1 saturated carbocycles. The minimum atomic E-state index is -0.259. The van der Waals surface area contributed by atoms with Crippen molar-refractivity contribution in [3.63, 3.8) is 0 Å². The van der Waals surface area contributed by atoms with Crippen molar-refractivity contribution in [2.75, 3.05) is 12.4 Å². The fourth-order valence-electron chi connectivity index (χ4n) is 4.68. The number of rotatable bonds is 5. The number of hydrogen-bond acceptors (Lipinski definition) is 6. The number of anilines is 1. The quantitative estimate of drug-likeness (QED) is 0.487. The zero-order valence-corrected chi connectivity index (χ0v) is 19.4. The molecule has 1 aromatic carbocycles. The van der Waals surface area contributed by atoms with Crippen molar-refractivity contribution in [1.82, 2.24) is 29.5 Å². The number of hydrogen-bond donors (Lipinski definition) is 2. The van der Waals surface area contributed by atoms with Crippen molar-refractivity contribution in [2.45, 2.75) is 51.7 Å². The fraction of sp³-hybridized carbons (Fsp3) is 0.417. The summed E-state index contributed by atoms with van der Waals surface area (Å²) in [5.41, 5.74) is 3.53. The Bertz CT molecular complexity index is 1330. The third kappa shape index (κ3) is 4.16. The smallest absolute Gasteiger partial charge is 0.259 e. The van der Waals surface area contributed by atoms with E-state index in [4.69, 9.17) is 4.74 Å². The number of fused-ring (bicyclic) bond motifs is 2. The summed E-state index contributed by atoms with van der Waals surface area (Å²) in [6, 6.07) is 4.23. The van der Waals surface area contributed by atoms with Crippen LogP contribution < -0.4 is 15.4 Å². The molecule has 1 amide bonds. The highest BCUT2D eigenvalue weighted by Gasteiger charge is 2.23. The summed E-state index contributed by atoms with van der Waals surface area (Å²) in [6.45, 7) is 3.83. The van der Waals surface area contributed by atoms with Crippen LogP contribution in [0.3, 0.4) is 0 Å². The molecule has 4 aromatic rings. The molecule has 172 valence electrons. The van der Waals surface area contributed by atoms with Gasteiger partial charge in [-0.15, -0.1) is 0 Å². The minimum Gasteiger partial charge on any atom is -0.490 e. The van der Waals surface area contributed by atoms with Crippen molar-refractivity contribution in [3.8, 4) is 5.75 Å². The molecule has 9 heteroatoms. The largest absolute Gasteiger partial charge is 0.490 e. The number of benzene rings is 1. The van der Waals surface area contributed by atoms with E-state index in [2.05, 4.69) is 25.7 Å². The molecule has 3 aromatic heterocycles. The number of aromatic nitrogens is 5. The summed E-state index contributed by atoms with van der Waals surface area (Å²) in [4.78, 5) is 22.1. The lowest BCUT2D eigenvalue weighted by atomic mass is 9.93. The average Bonchev–Trinajstić information content (AvgIpc) is 3.37. The first-order valence-electron chi connectivity index (χ1n) is 11.4. The van der Waals surface area contributed by atoms with Crippen LogP contribution in [0, 0.1) is 13.8 Å². The van der Waals surface area contributed by atoms with E-state index in [0.717, 1.165) is 53.9 Å². The van der Waals surface area contributed by atoms with Crippen LogP contribution in [0.2, 0.25) is 0 Å². The maximum atomic E-state index is 13.2. The summed E-state index contributed by atoms with van der Waals surface area (Å²) >= 11 is 0. The molecule has 3 heterocycles. The maximum absolute atomic E-state index is 13.2. The van der Waals surface area contributed by atoms with Crippen molar-refractivity contribution in [2.24, 2.45) is 7.05 Å². The summed E-state index contributed by atoms with van der Waals surface area (Å²) in [5.74, 6) is 0.985. The Morgan fingerprint density at radius 1 is 1.09 bits per heavy atom. The zero-order valence-electron chi connectivity index (χ0n) is 19.4. The molecular weight excluding hydrogens is 418 g/mol. The number of imidazole rings is 1. The highest BCUT2D eigenvalue weighted by atomic mass is 16.5. The van der Waals surface area contributed by atoms with Gasteiger partial charge in [0, 0.05) is 25.5 Å². The van der Waals surface area contributed by atoms with Gasteiger partial charge >= 0.3 is 0 Å². The molecular formula is C24H29N7O2. The Kier molecular flexibility index (Phi) is 5.49. The molecule has 0 saturated heterocycles. The Morgan fingerprint density at radius 2 is 1.88 bits per heavy atom. The van der Waals surface area contributed by atoms with Gasteiger partial charge in [0.05, 0.1) is 34.6 Å². The number of nitrogens with one attached hydrogen (secondary N) is 2. The molecule has 1 fully saturated rings. The normalized spacial score (nSPS) is 18.7. The van der Waals surface area contributed by atoms with Crippen molar-refractivity contribution in [3.05, 3.63) is 47.7 Å². The van der Waals surface area contributed by atoms with Gasteiger partial charge < -0.3 is 19.8 Å². The molecule has 0 spiro atoms. The molecule has 1 aliphatic rings. The van der Waals surface area contributed by atoms with E-state index >= 15 is 0 Å². The van der Waals surface area contributed by atoms with Crippen LogP contribution in [0.15, 0.2) is 30.7 Å². The number of carbonyl (C=O) groups excluding carboxylic acids is 1. The highest BCUT2D eigenvalue weighted by molar-refractivity contribution is 6.12. The first kappa shape index (κ1) is 21.4. The molecule has 33 heavy (non-hydrogen) atoms. The zero-order chi connectivity index (χ0) is 23.1. The van der Waals surface area contributed by atoms with Gasteiger partial charge in [-0.2, -0.15) is 5.10 Å². The van der Waals surface area contributed by atoms with E-state index in [1.54, 1.807) is 16.9 Å². The van der Waals surface area contributed by atoms with Crippen LogP contribution in [0.1, 0.15) is 47.4 Å². The predicted molar refractivity (Wildman–Crippen MR) is 127 cm³/mol. The first-order valence-corrected chi connectivity index (χ1v) is 11.4. The lowest BCUT2D eigenvalue weighted by Crippen LogP contribution is -2.34. The number of ether oxygens (including phenoxy) is 1. The van der Waals surface area contributed by atoms with Gasteiger partial charge in [-0.25, -0.2) is 4.98 Å². The van der Waals surface area contributed by atoms with Gasteiger partial charge in [0.1, 0.15) is 11.3 Å². The Balaban J connectivity index is 1.40. The van der Waals surface area contributed by atoms with Crippen LogP contribution >= 0.6 is 0 Å². The average molecular weight is 448 g/mol. The second-order valence-corrected chi connectivity index (χ2v) is 8.84. The van der Waals surface area contributed by atoms with Crippen LogP contribution in [0.5, 0.6) is 5.75 Å². The number of carbonyl (C=O) groups is 1. The van der Waals surface area contributed by atoms with Gasteiger partial charge in [-0.05, 0) is 58.7 Å². The molecule has 0 aliphatic heterocycles. The van der Waals surface area contributed by atoms with Crippen LogP contribution in [0.4, 0.5) is 5.82 Å². The Morgan fingerprint density at radius 3 is 2.64 bits per heavy atom. The molecule has 2 N–H and O–H groups in total. The topological polar surface area (TPSA) is 98.4 Å². The van der Waals surface area contributed by atoms with E-state index in [1.165, 1.54) is 0 Å². The van der Waals surface area contributed by atoms with E-state index in [0.29, 0.717) is 22.9 Å². The second kappa shape index (κ2) is 8.47. The standard InChI is InChI=1S/C24H29N7O2/c1-14-11-31-13-21(27-23(31)15(2)26-14)28-24(32)18-9-10-20(19-12-30(4)29-22(18)19)33-17-7-5-16(25-3)6-8-17/h9-13,16-17,25H,5-8H2,1-4H3,(H,28,32).